The van der Waals surface area contributed by atoms with E-state index in [2.05, 4.69) is 0 Å². The van der Waals surface area contributed by atoms with Crippen molar-refractivity contribution in [2.24, 2.45) is 17.8 Å². The first-order valence-corrected chi connectivity index (χ1v) is 14.1. The third kappa shape index (κ3) is 6.07. The first kappa shape index (κ1) is 31.6. The number of methoxy groups -OCH3 is 1. The standard InChI is InChI=1S/C31H34O13/c1-15-20-21(18(29(38)39-2)14-40-30(20)44-31-24(35)23(34)22(33)19(13-32)41-31)26(43-28(37)17-11-7-4-8-12-17)25(15)42-27(36)16-9-5-3-6-10-16/h3-12,14-15,19-26,30-35H,13H2,1-2H3/t15?,19-,20?,21?,22-,23+,24-,25?,26?,30?,31+/m1/s1. The lowest BCUT2D eigenvalue weighted by Crippen LogP contribution is -2.60. The monoisotopic (exact) mass is 614 g/mol. The summed E-state index contributed by atoms with van der Waals surface area (Å²) < 4.78 is 34.2. The van der Waals surface area contributed by atoms with Crippen LogP contribution in [0.25, 0.3) is 0 Å². The van der Waals surface area contributed by atoms with E-state index < -0.39 is 91.5 Å². The first-order valence-electron chi connectivity index (χ1n) is 14.1. The normalized spacial score (nSPS) is 34.6. The van der Waals surface area contributed by atoms with Crippen LogP contribution in [0.15, 0.2) is 72.5 Å². The molecule has 6 unspecified atom stereocenters. The number of hydrogen-bond acceptors (Lipinski definition) is 13. The summed E-state index contributed by atoms with van der Waals surface area (Å²) >= 11 is 0. The summed E-state index contributed by atoms with van der Waals surface area (Å²) in [7, 11) is 1.17. The average molecular weight is 615 g/mol. The molecule has 0 amide bonds. The maximum Gasteiger partial charge on any atom is 0.338 e. The molecule has 1 aliphatic carbocycles. The molecular formula is C31H34O13. The Balaban J connectivity index is 1.51. The van der Waals surface area contributed by atoms with Crippen LogP contribution in [0.2, 0.25) is 0 Å². The Labute approximate surface area is 252 Å². The molecule has 3 aliphatic rings. The minimum atomic E-state index is -1.74. The van der Waals surface area contributed by atoms with Gasteiger partial charge < -0.3 is 48.8 Å². The summed E-state index contributed by atoms with van der Waals surface area (Å²) in [4.78, 5) is 39.5. The highest BCUT2D eigenvalue weighted by Gasteiger charge is 2.61. The molecule has 11 atom stereocenters. The van der Waals surface area contributed by atoms with E-state index in [0.29, 0.717) is 0 Å². The van der Waals surface area contributed by atoms with Gasteiger partial charge >= 0.3 is 17.9 Å². The molecule has 2 aromatic carbocycles. The minimum absolute atomic E-state index is 0.0119. The van der Waals surface area contributed by atoms with Crippen molar-refractivity contribution >= 4 is 17.9 Å². The van der Waals surface area contributed by atoms with Gasteiger partial charge in [0.25, 0.3) is 0 Å². The molecule has 236 valence electrons. The van der Waals surface area contributed by atoms with E-state index in [1.807, 2.05) is 0 Å². The van der Waals surface area contributed by atoms with Crippen LogP contribution < -0.4 is 0 Å². The van der Waals surface area contributed by atoms with E-state index in [0.717, 1.165) is 6.26 Å². The minimum Gasteiger partial charge on any atom is -0.472 e. The Bertz CT molecular complexity index is 1350. The van der Waals surface area contributed by atoms with E-state index in [-0.39, 0.29) is 16.7 Å². The van der Waals surface area contributed by atoms with Gasteiger partial charge in [-0.2, -0.15) is 0 Å². The molecule has 44 heavy (non-hydrogen) atoms. The number of aliphatic hydroxyl groups excluding tert-OH is 4. The molecule has 2 fully saturated rings. The number of esters is 3. The molecule has 13 heteroatoms. The van der Waals surface area contributed by atoms with Crippen LogP contribution in [0.3, 0.4) is 0 Å². The van der Waals surface area contributed by atoms with Gasteiger partial charge in [-0.15, -0.1) is 0 Å². The Kier molecular flexibility index (Phi) is 9.63. The largest absolute Gasteiger partial charge is 0.472 e. The summed E-state index contributed by atoms with van der Waals surface area (Å²) in [5, 5.41) is 40.7. The van der Waals surface area contributed by atoms with Crippen LogP contribution >= 0.6 is 0 Å². The third-order valence-electron chi connectivity index (χ3n) is 8.26. The van der Waals surface area contributed by atoms with Gasteiger partial charge in [0.05, 0.1) is 36.7 Å². The summed E-state index contributed by atoms with van der Waals surface area (Å²) in [5.41, 5.74) is 0.459. The molecular weight excluding hydrogens is 580 g/mol. The summed E-state index contributed by atoms with van der Waals surface area (Å²) in [6.45, 7) is 1.02. The zero-order chi connectivity index (χ0) is 31.5. The van der Waals surface area contributed by atoms with Crippen molar-refractivity contribution in [3.63, 3.8) is 0 Å². The van der Waals surface area contributed by atoms with Crippen molar-refractivity contribution in [3.8, 4) is 0 Å². The van der Waals surface area contributed by atoms with E-state index in [4.69, 9.17) is 28.4 Å². The number of rotatable bonds is 8. The number of benzene rings is 2. The molecule has 2 aromatic rings. The zero-order valence-electron chi connectivity index (χ0n) is 23.9. The smallest absolute Gasteiger partial charge is 0.338 e. The number of fused-ring (bicyclic) bond motifs is 1. The molecule has 4 N–H and O–H groups in total. The van der Waals surface area contributed by atoms with Crippen molar-refractivity contribution < 1.29 is 63.2 Å². The predicted octanol–water partition coefficient (Wildman–Crippen LogP) is 0.549. The fraction of sp³-hybridized carbons (Fsp3) is 0.452. The van der Waals surface area contributed by atoms with Gasteiger partial charge in [-0.3, -0.25) is 0 Å². The van der Waals surface area contributed by atoms with E-state index in [9.17, 15) is 34.8 Å². The van der Waals surface area contributed by atoms with Crippen molar-refractivity contribution in [1.29, 1.82) is 0 Å². The number of carbonyl (C=O) groups excluding carboxylic acids is 3. The Hall–Kier alpha value is -3.85. The second kappa shape index (κ2) is 13.4. The van der Waals surface area contributed by atoms with Crippen molar-refractivity contribution in [3.05, 3.63) is 83.6 Å². The maximum absolute atomic E-state index is 13.3. The predicted molar refractivity (Wildman–Crippen MR) is 147 cm³/mol. The molecule has 0 spiro atoms. The molecule has 2 heterocycles. The molecule has 0 radical (unpaired) electrons. The number of hydrogen-bond donors (Lipinski definition) is 4. The topological polar surface area (TPSA) is 188 Å². The van der Waals surface area contributed by atoms with Crippen LogP contribution in [0.4, 0.5) is 0 Å². The molecule has 1 saturated carbocycles. The zero-order valence-corrected chi connectivity index (χ0v) is 23.9. The highest BCUT2D eigenvalue weighted by molar-refractivity contribution is 5.91. The fourth-order valence-corrected chi connectivity index (χ4v) is 5.96. The number of aliphatic hydroxyl groups is 4. The van der Waals surface area contributed by atoms with Gasteiger partial charge in [0.2, 0.25) is 6.29 Å². The quantitative estimate of drug-likeness (QED) is 0.239. The molecule has 0 aromatic heterocycles. The highest BCUT2D eigenvalue weighted by Crippen LogP contribution is 2.50. The molecule has 0 bridgehead atoms. The van der Waals surface area contributed by atoms with Crippen LogP contribution in [0.5, 0.6) is 0 Å². The van der Waals surface area contributed by atoms with Gasteiger partial charge in [0.15, 0.2) is 6.29 Å². The third-order valence-corrected chi connectivity index (χ3v) is 8.26. The first-order chi connectivity index (χ1) is 21.2. The molecule has 1 saturated heterocycles. The van der Waals surface area contributed by atoms with E-state index in [1.165, 1.54) is 7.11 Å². The SMILES string of the molecule is COC(=O)C1=COC(O[C@@H]2O[C@H](CO)[C@@H](O)[C@H](O)[C@H]2O)C2C(C)C(OC(=O)c3ccccc3)C(OC(=O)c3ccccc3)C12. The van der Waals surface area contributed by atoms with Crippen molar-refractivity contribution in [1.82, 2.24) is 0 Å². The number of carbonyl (C=O) groups is 3. The Morgan fingerprint density at radius 1 is 0.773 bits per heavy atom. The molecule has 13 nitrogen and oxygen atoms in total. The summed E-state index contributed by atoms with van der Waals surface area (Å²) in [6.07, 6.45) is -10.4. The second-order valence-electron chi connectivity index (χ2n) is 10.8. The summed E-state index contributed by atoms with van der Waals surface area (Å²) in [5.74, 6) is -4.74. The van der Waals surface area contributed by atoms with Crippen LogP contribution in [0.1, 0.15) is 27.6 Å². The molecule has 5 rings (SSSR count). The lowest BCUT2D eigenvalue weighted by molar-refractivity contribution is -0.343. The fourth-order valence-electron chi connectivity index (χ4n) is 5.96. The second-order valence-corrected chi connectivity index (χ2v) is 10.8. The average Bonchev–Trinajstić information content (AvgIpc) is 3.32. The Morgan fingerprint density at radius 2 is 1.34 bits per heavy atom. The van der Waals surface area contributed by atoms with E-state index in [1.54, 1.807) is 67.6 Å². The van der Waals surface area contributed by atoms with Gasteiger partial charge in [0, 0.05) is 17.8 Å². The lowest BCUT2D eigenvalue weighted by atomic mass is 9.82. The molecule has 2 aliphatic heterocycles. The van der Waals surface area contributed by atoms with E-state index >= 15 is 0 Å². The maximum atomic E-state index is 13.3. The Morgan fingerprint density at radius 3 is 1.89 bits per heavy atom. The van der Waals surface area contributed by atoms with Gasteiger partial charge in [-0.1, -0.05) is 43.3 Å². The lowest BCUT2D eigenvalue weighted by Gasteiger charge is -2.43. The van der Waals surface area contributed by atoms with Crippen LogP contribution in [-0.2, 0) is 33.2 Å². The van der Waals surface area contributed by atoms with Crippen molar-refractivity contribution in [2.45, 2.75) is 56.1 Å². The van der Waals surface area contributed by atoms with Crippen LogP contribution in [0, 0.1) is 17.8 Å². The van der Waals surface area contributed by atoms with Crippen LogP contribution in [-0.4, -0.2) is 101 Å². The summed E-state index contributed by atoms with van der Waals surface area (Å²) in [6, 6.07) is 16.3. The highest BCUT2D eigenvalue weighted by atomic mass is 16.8. The van der Waals surface area contributed by atoms with Crippen molar-refractivity contribution in [2.75, 3.05) is 13.7 Å². The van der Waals surface area contributed by atoms with Gasteiger partial charge in [-0.25, -0.2) is 14.4 Å². The van der Waals surface area contributed by atoms with Gasteiger partial charge in [-0.05, 0) is 24.3 Å². The van der Waals surface area contributed by atoms with Gasteiger partial charge in [0.1, 0.15) is 36.6 Å². The number of ether oxygens (including phenoxy) is 6.